The highest BCUT2D eigenvalue weighted by Crippen LogP contribution is 2.24. The zero-order valence-electron chi connectivity index (χ0n) is 18.0. The van der Waals surface area contributed by atoms with Crippen LogP contribution in [-0.2, 0) is 19.5 Å². The second-order valence-electron chi connectivity index (χ2n) is 9.06. The van der Waals surface area contributed by atoms with E-state index in [1.54, 1.807) is 6.07 Å². The number of rotatable bonds is 6. The number of nitrogens with zero attached hydrogens (tertiary/aromatic N) is 3. The van der Waals surface area contributed by atoms with Gasteiger partial charge in [-0.05, 0) is 62.5 Å². The molecule has 0 radical (unpaired) electrons. The minimum atomic E-state index is -0.510. The van der Waals surface area contributed by atoms with E-state index in [-0.39, 0.29) is 0 Å². The second-order valence-corrected chi connectivity index (χ2v) is 9.06. The van der Waals surface area contributed by atoms with E-state index in [1.165, 1.54) is 17.2 Å². The Hall–Kier alpha value is -1.82. The third-order valence-corrected chi connectivity index (χ3v) is 6.67. The Kier molecular flexibility index (Phi) is 7.13. The van der Waals surface area contributed by atoms with E-state index in [2.05, 4.69) is 46.0 Å². The molecule has 3 nitrogen and oxygen atoms in total. The maximum absolute atomic E-state index is 13.9. The van der Waals surface area contributed by atoms with Crippen LogP contribution in [0.1, 0.15) is 29.5 Å². The quantitative estimate of drug-likeness (QED) is 0.704. The van der Waals surface area contributed by atoms with Gasteiger partial charge in [0, 0.05) is 50.9 Å². The van der Waals surface area contributed by atoms with Gasteiger partial charge in [-0.25, -0.2) is 8.78 Å². The molecular weight excluding hydrogens is 380 g/mol. The molecule has 30 heavy (non-hydrogen) atoms. The van der Waals surface area contributed by atoms with Crippen LogP contribution in [0.2, 0.25) is 0 Å². The lowest BCUT2D eigenvalue weighted by atomic mass is 9.89. The van der Waals surface area contributed by atoms with Crippen LogP contribution in [0.5, 0.6) is 0 Å². The van der Waals surface area contributed by atoms with Crippen molar-refractivity contribution in [2.75, 3.05) is 46.3 Å². The minimum absolute atomic E-state index is 0.436. The summed E-state index contributed by atoms with van der Waals surface area (Å²) in [7, 11) is 2.19. The number of hydrogen-bond donors (Lipinski definition) is 0. The van der Waals surface area contributed by atoms with E-state index in [0.29, 0.717) is 18.0 Å². The van der Waals surface area contributed by atoms with Crippen LogP contribution < -0.4 is 0 Å². The largest absolute Gasteiger partial charge is 0.304 e. The first-order valence-electron chi connectivity index (χ1n) is 11.2. The molecule has 0 saturated carbocycles. The average Bonchev–Trinajstić information content (AvgIpc) is 2.74. The van der Waals surface area contributed by atoms with Gasteiger partial charge in [-0.3, -0.25) is 9.80 Å². The van der Waals surface area contributed by atoms with Gasteiger partial charge >= 0.3 is 0 Å². The number of hydrogen-bond acceptors (Lipinski definition) is 3. The smallest absolute Gasteiger partial charge is 0.130 e. The highest BCUT2D eigenvalue weighted by Gasteiger charge is 2.21. The van der Waals surface area contributed by atoms with Crippen molar-refractivity contribution in [2.24, 2.45) is 5.92 Å². The number of likely N-dealkylation sites (tertiary alicyclic amines) is 1. The lowest BCUT2D eigenvalue weighted by Gasteiger charge is -2.32. The summed E-state index contributed by atoms with van der Waals surface area (Å²) in [5.74, 6) is -0.263. The van der Waals surface area contributed by atoms with Crippen molar-refractivity contribution >= 4 is 0 Å². The molecule has 0 N–H and O–H groups in total. The topological polar surface area (TPSA) is 9.72 Å². The summed E-state index contributed by atoms with van der Waals surface area (Å²) in [6.07, 6.45) is 3.38. The number of halogens is 2. The van der Waals surface area contributed by atoms with E-state index >= 15 is 0 Å². The van der Waals surface area contributed by atoms with E-state index < -0.39 is 11.6 Å². The summed E-state index contributed by atoms with van der Waals surface area (Å²) in [5, 5.41) is 0. The van der Waals surface area contributed by atoms with E-state index in [4.69, 9.17) is 0 Å². The molecule has 4 rings (SSSR count). The molecule has 0 aromatic heterocycles. The van der Waals surface area contributed by atoms with Gasteiger partial charge in [0.1, 0.15) is 11.6 Å². The summed E-state index contributed by atoms with van der Waals surface area (Å²) in [4.78, 5) is 7.21. The van der Waals surface area contributed by atoms with Crippen molar-refractivity contribution in [1.29, 1.82) is 0 Å². The summed E-state index contributed by atoms with van der Waals surface area (Å²) in [6, 6.07) is 13.1. The highest BCUT2D eigenvalue weighted by atomic mass is 19.1. The summed E-state index contributed by atoms with van der Waals surface area (Å²) >= 11 is 0. The molecular formula is C25H33F2N3. The van der Waals surface area contributed by atoms with Gasteiger partial charge in [0.25, 0.3) is 0 Å². The van der Waals surface area contributed by atoms with E-state index in [9.17, 15) is 8.78 Å². The molecule has 0 bridgehead atoms. The average molecular weight is 414 g/mol. The van der Waals surface area contributed by atoms with E-state index in [0.717, 1.165) is 71.1 Å². The fraction of sp³-hybridized carbons (Fsp3) is 0.520. The van der Waals surface area contributed by atoms with E-state index in [1.807, 2.05) is 0 Å². The fourth-order valence-electron chi connectivity index (χ4n) is 4.62. The lowest BCUT2D eigenvalue weighted by molar-refractivity contribution is 0.148. The Morgan fingerprint density at radius 1 is 0.767 bits per heavy atom. The van der Waals surface area contributed by atoms with Crippen molar-refractivity contribution in [3.05, 3.63) is 70.8 Å². The van der Waals surface area contributed by atoms with Gasteiger partial charge in [0.15, 0.2) is 0 Å². The third kappa shape index (κ3) is 5.87. The minimum Gasteiger partial charge on any atom is -0.304 e. The molecule has 2 aliphatic rings. The first kappa shape index (κ1) is 21.4. The normalized spacial score (nSPS) is 20.0. The Labute approximate surface area is 179 Å². The molecule has 0 amide bonds. The summed E-state index contributed by atoms with van der Waals surface area (Å²) in [6.45, 7) is 8.19. The molecule has 2 aliphatic heterocycles. The molecule has 5 heteroatoms. The molecule has 162 valence electrons. The second kappa shape index (κ2) is 9.99. The third-order valence-electron chi connectivity index (χ3n) is 6.67. The van der Waals surface area contributed by atoms with Gasteiger partial charge < -0.3 is 4.90 Å². The van der Waals surface area contributed by atoms with Crippen LogP contribution in [0.15, 0.2) is 42.5 Å². The molecule has 2 fully saturated rings. The van der Waals surface area contributed by atoms with Crippen LogP contribution in [0, 0.1) is 17.6 Å². The summed E-state index contributed by atoms with van der Waals surface area (Å²) in [5.41, 5.74) is 3.41. The van der Waals surface area contributed by atoms with Crippen molar-refractivity contribution in [3.8, 4) is 0 Å². The zero-order chi connectivity index (χ0) is 20.9. The predicted molar refractivity (Wildman–Crippen MR) is 117 cm³/mol. The molecule has 2 saturated heterocycles. The molecule has 0 atom stereocenters. The van der Waals surface area contributed by atoms with Crippen molar-refractivity contribution < 1.29 is 8.78 Å². The molecule has 0 aliphatic carbocycles. The number of benzene rings is 2. The maximum Gasteiger partial charge on any atom is 0.130 e. The Balaban J connectivity index is 1.22. The molecule has 0 unspecified atom stereocenters. The first-order valence-corrected chi connectivity index (χ1v) is 11.2. The fourth-order valence-corrected chi connectivity index (χ4v) is 4.62. The molecule has 0 spiro atoms. The molecule has 2 aromatic carbocycles. The Bertz CT molecular complexity index is 808. The Morgan fingerprint density at radius 3 is 2.07 bits per heavy atom. The van der Waals surface area contributed by atoms with Gasteiger partial charge in [0.2, 0.25) is 0 Å². The SMILES string of the molecule is CN1CCN(Cc2ccc(CC3CCN(Cc4ccc(F)cc4F)CC3)cc2)CC1. The maximum atomic E-state index is 13.9. The monoisotopic (exact) mass is 413 g/mol. The number of piperazine rings is 1. The van der Waals surface area contributed by atoms with Crippen molar-refractivity contribution in [2.45, 2.75) is 32.4 Å². The van der Waals surface area contributed by atoms with Crippen molar-refractivity contribution in [1.82, 2.24) is 14.7 Å². The van der Waals surface area contributed by atoms with Gasteiger partial charge in [-0.1, -0.05) is 30.3 Å². The van der Waals surface area contributed by atoms with Crippen molar-refractivity contribution in [3.63, 3.8) is 0 Å². The highest BCUT2D eigenvalue weighted by molar-refractivity contribution is 5.23. The molecule has 2 aromatic rings. The van der Waals surface area contributed by atoms with Crippen LogP contribution >= 0.6 is 0 Å². The number of piperidine rings is 1. The van der Waals surface area contributed by atoms with Gasteiger partial charge in [0.05, 0.1) is 0 Å². The van der Waals surface area contributed by atoms with Gasteiger partial charge in [-0.2, -0.15) is 0 Å². The standard InChI is InChI=1S/C25H33F2N3/c1-28-12-14-30(15-13-28)18-22-4-2-20(3-5-22)16-21-8-10-29(11-9-21)19-23-6-7-24(26)17-25(23)27/h2-7,17,21H,8-16,18-19H2,1H3. The first-order chi connectivity index (χ1) is 14.5. The number of likely N-dealkylation sites (N-methyl/N-ethyl adjacent to an activating group) is 1. The Morgan fingerprint density at radius 2 is 1.40 bits per heavy atom. The van der Waals surface area contributed by atoms with Crippen LogP contribution in [-0.4, -0.2) is 61.0 Å². The summed E-state index contributed by atoms with van der Waals surface area (Å²) < 4.78 is 27.0. The lowest BCUT2D eigenvalue weighted by Crippen LogP contribution is -2.43. The van der Waals surface area contributed by atoms with Crippen LogP contribution in [0.25, 0.3) is 0 Å². The van der Waals surface area contributed by atoms with Gasteiger partial charge in [-0.15, -0.1) is 0 Å². The predicted octanol–water partition coefficient (Wildman–Crippen LogP) is 4.17. The van der Waals surface area contributed by atoms with Crippen LogP contribution in [0.3, 0.4) is 0 Å². The van der Waals surface area contributed by atoms with Crippen LogP contribution in [0.4, 0.5) is 8.78 Å². The zero-order valence-corrected chi connectivity index (χ0v) is 18.0. The molecule has 2 heterocycles.